The van der Waals surface area contributed by atoms with Crippen LogP contribution in [0.4, 0.5) is 5.69 Å². The van der Waals surface area contributed by atoms with E-state index in [1.54, 1.807) is 12.1 Å². The van der Waals surface area contributed by atoms with Crippen molar-refractivity contribution in [3.8, 4) is 0 Å². The first kappa shape index (κ1) is 22.8. The van der Waals surface area contributed by atoms with Crippen LogP contribution < -0.4 is 5.32 Å². The van der Waals surface area contributed by atoms with Gasteiger partial charge in [-0.2, -0.15) is 0 Å². The lowest BCUT2D eigenvalue weighted by atomic mass is 9.48. The Morgan fingerprint density at radius 3 is 2.51 bits per heavy atom. The highest BCUT2D eigenvalue weighted by atomic mass is 16.4. The molecule has 2 aromatic rings. The molecule has 186 valence electrons. The van der Waals surface area contributed by atoms with Crippen molar-refractivity contribution < 1.29 is 14.7 Å². The van der Waals surface area contributed by atoms with Gasteiger partial charge < -0.3 is 15.4 Å². The Kier molecular flexibility index (Phi) is 5.71. The summed E-state index contributed by atoms with van der Waals surface area (Å²) in [6.07, 6.45) is 12.5. The summed E-state index contributed by atoms with van der Waals surface area (Å²) < 4.78 is 0. The molecule has 5 aliphatic rings. The van der Waals surface area contributed by atoms with Crippen LogP contribution in [0, 0.1) is 23.2 Å². The molecule has 1 aromatic heterocycles. The topological polar surface area (TPSA) is 98.3 Å². The number of aromatic carboxylic acids is 1. The van der Waals surface area contributed by atoms with Crippen LogP contribution in [0.25, 0.3) is 0 Å². The second-order valence-corrected chi connectivity index (χ2v) is 11.8. The van der Waals surface area contributed by atoms with Gasteiger partial charge in [0.25, 0.3) is 5.91 Å². The molecule has 35 heavy (non-hydrogen) atoms. The van der Waals surface area contributed by atoms with Gasteiger partial charge in [-0.3, -0.25) is 9.69 Å². The molecule has 1 aromatic carbocycles. The molecule has 7 rings (SSSR count). The van der Waals surface area contributed by atoms with Gasteiger partial charge in [-0.15, -0.1) is 0 Å². The zero-order valence-corrected chi connectivity index (χ0v) is 20.6. The fraction of sp³-hybridized carbons (Fsp3) is 0.607. The van der Waals surface area contributed by atoms with Gasteiger partial charge in [0.2, 0.25) is 0 Å². The molecular formula is C28H36N4O3. The van der Waals surface area contributed by atoms with Crippen LogP contribution in [0.5, 0.6) is 0 Å². The highest BCUT2D eigenvalue weighted by Gasteiger charge is 2.50. The van der Waals surface area contributed by atoms with Crippen molar-refractivity contribution >= 4 is 17.6 Å². The summed E-state index contributed by atoms with van der Waals surface area (Å²) in [5, 5.41) is 12.2. The number of likely N-dealkylation sites (tertiary alicyclic amines) is 1. The van der Waals surface area contributed by atoms with Gasteiger partial charge in [-0.05, 0) is 119 Å². The quantitative estimate of drug-likeness (QED) is 0.505. The molecule has 4 saturated carbocycles. The summed E-state index contributed by atoms with van der Waals surface area (Å²) in [6, 6.07) is 6.60. The minimum Gasteiger partial charge on any atom is -0.478 e. The molecule has 7 nitrogen and oxygen atoms in total. The van der Waals surface area contributed by atoms with Gasteiger partial charge >= 0.3 is 5.97 Å². The zero-order valence-electron chi connectivity index (χ0n) is 20.6. The average Bonchev–Trinajstić information content (AvgIpc) is 3.43. The Morgan fingerprint density at radius 1 is 1.17 bits per heavy atom. The number of carboxylic acids is 1. The van der Waals surface area contributed by atoms with Crippen molar-refractivity contribution in [3.05, 3.63) is 47.0 Å². The monoisotopic (exact) mass is 476 g/mol. The number of carbonyl (C=O) groups is 2. The number of amides is 1. The second kappa shape index (κ2) is 8.77. The molecule has 2 heterocycles. The number of hydrogen-bond acceptors (Lipinski definition) is 4. The third-order valence-corrected chi connectivity index (χ3v) is 9.29. The second-order valence-electron chi connectivity index (χ2n) is 11.8. The van der Waals surface area contributed by atoms with E-state index in [0.29, 0.717) is 16.8 Å². The molecule has 1 amide bonds. The Morgan fingerprint density at radius 2 is 1.89 bits per heavy atom. The van der Waals surface area contributed by atoms with E-state index in [-0.39, 0.29) is 17.5 Å². The molecule has 0 spiro atoms. The van der Waals surface area contributed by atoms with E-state index in [1.807, 2.05) is 0 Å². The number of carbonyl (C=O) groups excluding carboxylic acids is 1. The molecule has 4 aliphatic carbocycles. The lowest BCUT2D eigenvalue weighted by molar-refractivity contribution is -0.0570. The maximum Gasteiger partial charge on any atom is 0.335 e. The maximum absolute atomic E-state index is 13.4. The molecule has 5 fully saturated rings. The molecule has 1 atom stereocenters. The number of aryl methyl sites for hydroxylation is 1. The number of rotatable bonds is 7. The van der Waals surface area contributed by atoms with Gasteiger partial charge in [-0.25, -0.2) is 9.78 Å². The van der Waals surface area contributed by atoms with E-state index >= 15 is 0 Å². The van der Waals surface area contributed by atoms with Crippen molar-refractivity contribution in [2.45, 2.75) is 70.3 Å². The van der Waals surface area contributed by atoms with Crippen LogP contribution in [0.2, 0.25) is 0 Å². The number of H-pyrrole nitrogens is 1. The third-order valence-electron chi connectivity index (χ3n) is 9.29. The first-order valence-corrected chi connectivity index (χ1v) is 13.3. The van der Waals surface area contributed by atoms with E-state index in [1.165, 1.54) is 50.7 Å². The standard InChI is InChI=1S/C28H36N4O3/c1-32-9-3-6-23(32)25-30-22(7-8-28-14-17-10-18(15-28)12-19(11-17)16-28)24(31-25)26(33)29-21-5-2-4-20(13-21)27(34)35/h2,4-5,13,17-19,23H,3,6-12,14-16H2,1H3,(H,29,33)(H,30,31)(H,34,35)/t17?,18?,19?,23-,28?/m1/s1. The van der Waals surface area contributed by atoms with E-state index in [0.717, 1.165) is 61.5 Å². The minimum atomic E-state index is -1.01. The first-order valence-electron chi connectivity index (χ1n) is 13.3. The Balaban J connectivity index is 1.25. The third kappa shape index (κ3) is 4.39. The molecule has 3 N–H and O–H groups in total. The molecule has 1 saturated heterocycles. The fourth-order valence-corrected chi connectivity index (χ4v) is 8.12. The smallest absolute Gasteiger partial charge is 0.335 e. The van der Waals surface area contributed by atoms with Crippen molar-refractivity contribution in [1.82, 2.24) is 14.9 Å². The molecule has 7 heteroatoms. The van der Waals surface area contributed by atoms with Crippen molar-refractivity contribution in [3.63, 3.8) is 0 Å². The van der Waals surface area contributed by atoms with Crippen LogP contribution in [-0.2, 0) is 6.42 Å². The van der Waals surface area contributed by atoms with E-state index in [2.05, 4.69) is 22.2 Å². The van der Waals surface area contributed by atoms with Crippen LogP contribution in [0.15, 0.2) is 24.3 Å². The van der Waals surface area contributed by atoms with Crippen molar-refractivity contribution in [2.24, 2.45) is 23.2 Å². The van der Waals surface area contributed by atoms with Gasteiger partial charge in [0.15, 0.2) is 0 Å². The normalized spacial score (nSPS) is 31.7. The Bertz CT molecular complexity index is 1100. The molecular weight excluding hydrogens is 440 g/mol. The van der Waals surface area contributed by atoms with Crippen LogP contribution in [0.3, 0.4) is 0 Å². The molecule has 0 unspecified atom stereocenters. The average molecular weight is 477 g/mol. The summed E-state index contributed by atoms with van der Waals surface area (Å²) in [6.45, 7) is 1.04. The number of anilines is 1. The Labute approximate surface area is 206 Å². The number of benzene rings is 1. The number of imidazole rings is 1. The predicted molar refractivity (Wildman–Crippen MR) is 133 cm³/mol. The van der Waals surface area contributed by atoms with E-state index in [9.17, 15) is 14.7 Å². The number of aromatic amines is 1. The summed E-state index contributed by atoms with van der Waals surface area (Å²) in [5.41, 5.74) is 2.46. The number of aromatic nitrogens is 2. The van der Waals surface area contributed by atoms with Crippen LogP contribution in [0.1, 0.15) is 96.2 Å². The SMILES string of the molecule is CN1CCC[C@@H]1c1nc(C(=O)Nc2cccc(C(=O)O)c2)c(CCC23CC4CC(CC(C4)C2)C3)[nH]1. The van der Waals surface area contributed by atoms with Gasteiger partial charge in [0.1, 0.15) is 11.5 Å². The van der Waals surface area contributed by atoms with Crippen LogP contribution in [-0.4, -0.2) is 45.4 Å². The lowest BCUT2D eigenvalue weighted by Gasteiger charge is -2.57. The maximum atomic E-state index is 13.4. The number of nitrogens with zero attached hydrogens (tertiary/aromatic N) is 2. The lowest BCUT2D eigenvalue weighted by Crippen LogP contribution is -2.46. The minimum absolute atomic E-state index is 0.153. The fourth-order valence-electron chi connectivity index (χ4n) is 8.12. The Hall–Kier alpha value is -2.67. The van der Waals surface area contributed by atoms with Gasteiger partial charge in [-0.1, -0.05) is 6.07 Å². The van der Waals surface area contributed by atoms with Gasteiger partial charge in [0, 0.05) is 11.4 Å². The number of carboxylic acid groups (broad SMARTS) is 1. The summed E-state index contributed by atoms with van der Waals surface area (Å²) in [7, 11) is 2.12. The highest BCUT2D eigenvalue weighted by molar-refractivity contribution is 6.04. The summed E-state index contributed by atoms with van der Waals surface area (Å²) in [4.78, 5) is 35.5. The highest BCUT2D eigenvalue weighted by Crippen LogP contribution is 2.61. The van der Waals surface area contributed by atoms with Gasteiger partial charge in [0.05, 0.1) is 11.6 Å². The number of hydrogen-bond donors (Lipinski definition) is 3. The summed E-state index contributed by atoms with van der Waals surface area (Å²) >= 11 is 0. The first-order chi connectivity index (χ1) is 16.9. The number of nitrogens with one attached hydrogen (secondary N) is 2. The molecule has 0 radical (unpaired) electrons. The van der Waals surface area contributed by atoms with E-state index < -0.39 is 5.97 Å². The van der Waals surface area contributed by atoms with Crippen molar-refractivity contribution in [1.29, 1.82) is 0 Å². The zero-order chi connectivity index (χ0) is 24.2. The van der Waals surface area contributed by atoms with Crippen molar-refractivity contribution in [2.75, 3.05) is 18.9 Å². The largest absolute Gasteiger partial charge is 0.478 e. The molecule has 1 aliphatic heterocycles. The molecule has 4 bridgehead atoms. The van der Waals surface area contributed by atoms with Crippen LogP contribution >= 0.6 is 0 Å². The predicted octanol–water partition coefficient (Wildman–Crippen LogP) is 5.28. The summed E-state index contributed by atoms with van der Waals surface area (Å²) in [5.74, 6) is 2.34. The van der Waals surface area contributed by atoms with E-state index in [4.69, 9.17) is 4.98 Å².